The van der Waals surface area contributed by atoms with E-state index in [1.165, 1.54) is 11.1 Å². The van der Waals surface area contributed by atoms with Crippen LogP contribution < -0.4 is 10.1 Å². The first-order chi connectivity index (χ1) is 15.1. The molecule has 2 aliphatic carbocycles. The summed E-state index contributed by atoms with van der Waals surface area (Å²) in [4.78, 5) is 24.1. The highest BCUT2D eigenvalue weighted by Crippen LogP contribution is 2.70. The molecule has 1 aromatic heterocycles. The second-order valence-corrected chi connectivity index (χ2v) is 10.2. The molecule has 1 heterocycles. The van der Waals surface area contributed by atoms with Gasteiger partial charge in [0.05, 0.1) is 34.9 Å². The van der Waals surface area contributed by atoms with Gasteiger partial charge in [0.25, 0.3) is 0 Å². The van der Waals surface area contributed by atoms with Crippen LogP contribution in [0.2, 0.25) is 0 Å². The van der Waals surface area contributed by atoms with Crippen molar-refractivity contribution in [3.63, 3.8) is 0 Å². The molecule has 1 saturated carbocycles. The molecule has 1 N–H and O–H groups in total. The number of amides is 1. The lowest BCUT2D eigenvalue weighted by Gasteiger charge is -2.39. The number of fused-ring (bicyclic) bond motifs is 6. The zero-order chi connectivity index (χ0) is 22.9. The Kier molecular flexibility index (Phi) is 4.43. The lowest BCUT2D eigenvalue weighted by atomic mass is 9.63. The summed E-state index contributed by atoms with van der Waals surface area (Å²) in [6.45, 7) is 11.4. The Morgan fingerprint density at radius 3 is 2.16 bits per heavy atom. The van der Waals surface area contributed by atoms with Crippen LogP contribution in [0.3, 0.4) is 0 Å². The van der Waals surface area contributed by atoms with Crippen molar-refractivity contribution in [1.82, 2.24) is 15.3 Å². The van der Waals surface area contributed by atoms with Crippen molar-refractivity contribution in [3.05, 3.63) is 64.5 Å². The van der Waals surface area contributed by atoms with E-state index in [0.717, 1.165) is 46.6 Å². The standard InChI is InChI=1S/C27H31N3O2/c1-16-13-20-21(14-17(16)2)30-23-22(29-20)26(5)11-12-27(23,25(26,3)4)24(31)28-15-18-7-9-19(32-6)10-8-18/h7-10,13-14H,11-12,15H2,1-6H3,(H,28,31). The zero-order valence-electron chi connectivity index (χ0n) is 19.8. The summed E-state index contributed by atoms with van der Waals surface area (Å²) in [6, 6.07) is 12.0. The van der Waals surface area contributed by atoms with E-state index in [9.17, 15) is 4.79 Å². The molecule has 5 nitrogen and oxygen atoms in total. The van der Waals surface area contributed by atoms with Crippen molar-refractivity contribution in [2.45, 2.75) is 64.8 Å². The fourth-order valence-corrected chi connectivity index (χ4v) is 5.94. The Morgan fingerprint density at radius 2 is 1.56 bits per heavy atom. The molecule has 32 heavy (non-hydrogen) atoms. The van der Waals surface area contributed by atoms with Crippen LogP contribution in [0.1, 0.15) is 61.7 Å². The monoisotopic (exact) mass is 429 g/mol. The Morgan fingerprint density at radius 1 is 0.969 bits per heavy atom. The van der Waals surface area contributed by atoms with Gasteiger partial charge in [-0.25, -0.2) is 9.97 Å². The number of aromatic nitrogens is 2. The number of aryl methyl sites for hydroxylation is 2. The lowest BCUT2D eigenvalue weighted by Crippen LogP contribution is -2.51. The number of hydrogen-bond acceptors (Lipinski definition) is 4. The number of ether oxygens (including phenoxy) is 1. The van der Waals surface area contributed by atoms with Crippen molar-refractivity contribution in [2.24, 2.45) is 5.41 Å². The topological polar surface area (TPSA) is 64.1 Å². The highest BCUT2D eigenvalue weighted by atomic mass is 16.5. The molecular weight excluding hydrogens is 398 g/mol. The summed E-state index contributed by atoms with van der Waals surface area (Å²) in [5.41, 5.74) is 5.99. The van der Waals surface area contributed by atoms with Gasteiger partial charge in [0.2, 0.25) is 5.91 Å². The van der Waals surface area contributed by atoms with Crippen LogP contribution >= 0.6 is 0 Å². The molecule has 166 valence electrons. The number of rotatable bonds is 4. The van der Waals surface area contributed by atoms with E-state index < -0.39 is 5.41 Å². The van der Waals surface area contributed by atoms with Crippen LogP contribution in [0.5, 0.6) is 5.75 Å². The summed E-state index contributed by atoms with van der Waals surface area (Å²) in [6.07, 6.45) is 1.73. The van der Waals surface area contributed by atoms with Gasteiger partial charge in [-0.2, -0.15) is 0 Å². The molecule has 0 spiro atoms. The molecule has 2 atom stereocenters. The van der Waals surface area contributed by atoms with Crippen molar-refractivity contribution < 1.29 is 9.53 Å². The normalized spacial score (nSPS) is 25.1. The third kappa shape index (κ3) is 2.54. The number of hydrogen-bond donors (Lipinski definition) is 1. The SMILES string of the molecule is COc1ccc(CNC(=O)C23CCC(C)(c4nc5cc(C)c(C)cc5nc42)C3(C)C)cc1. The zero-order valence-corrected chi connectivity index (χ0v) is 19.8. The van der Waals surface area contributed by atoms with Crippen LogP contribution in [0.25, 0.3) is 11.0 Å². The summed E-state index contributed by atoms with van der Waals surface area (Å²) in [5, 5.41) is 3.23. The molecule has 1 fully saturated rings. The maximum atomic E-state index is 13.9. The minimum Gasteiger partial charge on any atom is -0.497 e. The summed E-state index contributed by atoms with van der Waals surface area (Å²) in [5.74, 6) is 0.863. The molecule has 5 rings (SSSR count). The van der Waals surface area contributed by atoms with E-state index in [1.54, 1.807) is 7.11 Å². The first-order valence-electron chi connectivity index (χ1n) is 11.4. The van der Waals surface area contributed by atoms with Crippen molar-refractivity contribution in [2.75, 3.05) is 7.11 Å². The number of methoxy groups -OCH3 is 1. The van der Waals surface area contributed by atoms with Crippen molar-refractivity contribution in [1.29, 1.82) is 0 Å². The summed E-state index contributed by atoms with van der Waals surface area (Å²) >= 11 is 0. The third-order valence-corrected chi connectivity index (χ3v) is 8.65. The second-order valence-electron chi connectivity index (χ2n) is 10.2. The molecule has 0 radical (unpaired) electrons. The molecular formula is C27H31N3O2. The molecule has 2 unspecified atom stereocenters. The molecule has 3 aromatic rings. The highest BCUT2D eigenvalue weighted by Gasteiger charge is 2.73. The predicted octanol–water partition coefficient (Wildman–Crippen LogP) is 4.90. The van der Waals surface area contributed by atoms with Crippen molar-refractivity contribution >= 4 is 16.9 Å². The first-order valence-corrected chi connectivity index (χ1v) is 11.4. The Labute approximate surface area is 189 Å². The average Bonchev–Trinajstić information content (AvgIpc) is 3.07. The van der Waals surface area contributed by atoms with E-state index in [2.05, 4.69) is 52.1 Å². The number of benzene rings is 2. The molecule has 0 saturated heterocycles. The smallest absolute Gasteiger partial charge is 0.233 e. The lowest BCUT2D eigenvalue weighted by molar-refractivity contribution is -0.130. The first kappa shape index (κ1) is 20.9. The van der Waals surface area contributed by atoms with E-state index in [-0.39, 0.29) is 16.7 Å². The maximum absolute atomic E-state index is 13.9. The van der Waals surface area contributed by atoms with Gasteiger partial charge in [0, 0.05) is 12.0 Å². The minimum absolute atomic E-state index is 0.0540. The Bertz CT molecular complexity index is 1250. The Hall–Kier alpha value is -2.95. The van der Waals surface area contributed by atoms with Gasteiger partial charge in [-0.3, -0.25) is 4.79 Å². The maximum Gasteiger partial charge on any atom is 0.233 e. The molecule has 1 amide bonds. The number of carbonyl (C=O) groups is 1. The van der Waals surface area contributed by atoms with Crippen LogP contribution in [0.15, 0.2) is 36.4 Å². The van der Waals surface area contributed by atoms with Crippen LogP contribution in [-0.4, -0.2) is 23.0 Å². The average molecular weight is 430 g/mol. The van der Waals surface area contributed by atoms with Gasteiger partial charge in [-0.1, -0.05) is 32.9 Å². The van der Waals surface area contributed by atoms with Gasteiger partial charge in [-0.05, 0) is 73.1 Å². The van der Waals surface area contributed by atoms with Gasteiger partial charge in [0.1, 0.15) is 5.75 Å². The highest BCUT2D eigenvalue weighted by molar-refractivity contribution is 5.93. The number of nitrogens with one attached hydrogen (secondary N) is 1. The quantitative estimate of drug-likeness (QED) is 0.641. The van der Waals surface area contributed by atoms with Crippen molar-refractivity contribution in [3.8, 4) is 5.75 Å². The molecule has 0 aliphatic heterocycles. The van der Waals surface area contributed by atoms with E-state index in [4.69, 9.17) is 14.7 Å². The van der Waals surface area contributed by atoms with E-state index in [1.807, 2.05) is 24.3 Å². The second kappa shape index (κ2) is 6.77. The fourth-order valence-electron chi connectivity index (χ4n) is 5.94. The minimum atomic E-state index is -0.677. The van der Waals surface area contributed by atoms with Gasteiger partial charge < -0.3 is 10.1 Å². The Balaban J connectivity index is 1.57. The number of nitrogens with zero attached hydrogens (tertiary/aromatic N) is 2. The van der Waals surface area contributed by atoms with E-state index in [0.29, 0.717) is 6.54 Å². The summed E-state index contributed by atoms with van der Waals surface area (Å²) < 4.78 is 5.24. The van der Waals surface area contributed by atoms with Crippen LogP contribution in [-0.2, 0) is 22.2 Å². The predicted molar refractivity (Wildman–Crippen MR) is 126 cm³/mol. The van der Waals surface area contributed by atoms with E-state index >= 15 is 0 Å². The fraction of sp³-hybridized carbons (Fsp3) is 0.444. The van der Waals surface area contributed by atoms with Gasteiger partial charge in [-0.15, -0.1) is 0 Å². The van der Waals surface area contributed by atoms with Gasteiger partial charge >= 0.3 is 0 Å². The molecule has 2 bridgehead atoms. The summed E-state index contributed by atoms with van der Waals surface area (Å²) in [7, 11) is 1.65. The van der Waals surface area contributed by atoms with Crippen LogP contribution in [0.4, 0.5) is 0 Å². The largest absolute Gasteiger partial charge is 0.497 e. The molecule has 5 heteroatoms. The van der Waals surface area contributed by atoms with Crippen LogP contribution in [0, 0.1) is 19.3 Å². The molecule has 2 aromatic carbocycles. The number of carbonyl (C=O) groups excluding carboxylic acids is 1. The third-order valence-electron chi connectivity index (χ3n) is 8.65. The van der Waals surface area contributed by atoms with Gasteiger partial charge in [0.15, 0.2) is 0 Å². The molecule has 2 aliphatic rings.